The summed E-state index contributed by atoms with van der Waals surface area (Å²) in [6.45, 7) is 1.55. The van der Waals surface area contributed by atoms with Gasteiger partial charge >= 0.3 is 255 Å². The molecule has 1 saturated carbocycles. The van der Waals surface area contributed by atoms with E-state index in [0.29, 0.717) is 34.6 Å². The van der Waals surface area contributed by atoms with Crippen molar-refractivity contribution in [2.45, 2.75) is 68.3 Å². The van der Waals surface area contributed by atoms with Crippen LogP contribution in [0.25, 0.3) is 0 Å². The van der Waals surface area contributed by atoms with Crippen molar-refractivity contribution in [1.82, 2.24) is 9.62 Å². The quantitative estimate of drug-likeness (QED) is 0.109. The van der Waals surface area contributed by atoms with Gasteiger partial charge in [0.2, 0.25) is 0 Å². The zero-order chi connectivity index (χ0) is 29.9. The van der Waals surface area contributed by atoms with Gasteiger partial charge < -0.3 is 0 Å². The Kier molecular flexibility index (Phi) is 12.8. The molecule has 0 aromatic heterocycles. The van der Waals surface area contributed by atoms with E-state index in [0.717, 1.165) is 51.5 Å². The molecule has 0 spiro atoms. The van der Waals surface area contributed by atoms with Crippen LogP contribution in [0.4, 0.5) is 5.69 Å². The van der Waals surface area contributed by atoms with E-state index >= 15 is 0 Å². The summed E-state index contributed by atoms with van der Waals surface area (Å²) in [6.07, 6.45) is 7.29. The van der Waals surface area contributed by atoms with Gasteiger partial charge in [-0.2, -0.15) is 0 Å². The van der Waals surface area contributed by atoms with Crippen LogP contribution in [0.1, 0.15) is 56.9 Å². The van der Waals surface area contributed by atoms with Crippen molar-refractivity contribution in [3.05, 3.63) is 62.6 Å². The van der Waals surface area contributed by atoms with E-state index in [9.17, 15) is 23.3 Å². The maximum atomic E-state index is 13.3. The number of nitrogens with zero attached hydrogens (tertiary/aromatic N) is 2. The van der Waals surface area contributed by atoms with Crippen LogP contribution in [0.15, 0.2) is 53.4 Å². The molecule has 1 atom stereocenters. The molecule has 1 aliphatic carbocycles. The van der Waals surface area contributed by atoms with Gasteiger partial charge in [-0.3, -0.25) is 0 Å². The van der Waals surface area contributed by atoms with Gasteiger partial charge in [-0.1, -0.05) is 0 Å². The molecule has 228 valence electrons. The van der Waals surface area contributed by atoms with Gasteiger partial charge in [0.25, 0.3) is 0 Å². The Labute approximate surface area is 254 Å². The third-order valence-electron chi connectivity index (χ3n) is 7.61. The third-order valence-corrected chi connectivity index (χ3v) is 10.8. The Morgan fingerprint density at radius 3 is 2.39 bits per heavy atom. The summed E-state index contributed by atoms with van der Waals surface area (Å²) in [5.74, 6) is -0.344. The van der Waals surface area contributed by atoms with Gasteiger partial charge in [0, 0.05) is 0 Å². The molecule has 10 nitrogen and oxygen atoms in total. The summed E-state index contributed by atoms with van der Waals surface area (Å²) >= 11 is -1.61. The maximum absolute atomic E-state index is 13.3. The fourth-order valence-electron chi connectivity index (χ4n) is 5.11. The van der Waals surface area contributed by atoms with E-state index in [1.807, 2.05) is 32.3 Å². The number of aryl methyl sites for hydroxylation is 1. The van der Waals surface area contributed by atoms with Crippen LogP contribution in [0, 0.1) is 14.4 Å². The number of benzene rings is 2. The van der Waals surface area contributed by atoms with E-state index in [1.54, 1.807) is 6.07 Å². The zero-order valence-electron chi connectivity index (χ0n) is 24.1. The molecule has 1 amide bonds. The molecule has 3 rings (SSSR count). The van der Waals surface area contributed by atoms with Crippen LogP contribution in [-0.2, 0) is 26.0 Å². The summed E-state index contributed by atoms with van der Waals surface area (Å²) < 4.78 is 34.6. The molecule has 2 aromatic rings. The van der Waals surface area contributed by atoms with Gasteiger partial charge in [-0.15, -0.1) is 0 Å². The SMILES string of the molecule is COC1(C(=O)NS(=O)(=O)c2ccc(NC[C@@H](CCc3ccccc3)CCN(C)C)c([I-][N+](=O)O)c2)CCCCCC1. The summed E-state index contributed by atoms with van der Waals surface area (Å²) in [5.41, 5.74) is 0.690. The van der Waals surface area contributed by atoms with Crippen molar-refractivity contribution >= 4 is 21.6 Å². The number of sulfonamides is 1. The molecule has 41 heavy (non-hydrogen) atoms. The second-order valence-corrected chi connectivity index (χ2v) is 15.0. The van der Waals surface area contributed by atoms with Crippen molar-refractivity contribution in [3.63, 3.8) is 0 Å². The first-order chi connectivity index (χ1) is 19.5. The number of hydrogen-bond acceptors (Lipinski definition) is 7. The summed E-state index contributed by atoms with van der Waals surface area (Å²) in [4.78, 5) is 26.8. The van der Waals surface area contributed by atoms with E-state index < -0.39 is 43.0 Å². The Morgan fingerprint density at radius 2 is 1.78 bits per heavy atom. The predicted octanol–water partition coefficient (Wildman–Crippen LogP) is 1.19. The van der Waals surface area contributed by atoms with Gasteiger partial charge in [0.15, 0.2) is 0 Å². The normalized spacial score (nSPS) is 16.2. The van der Waals surface area contributed by atoms with Crippen molar-refractivity contribution in [2.24, 2.45) is 5.92 Å². The molecule has 1 fully saturated rings. The molecular weight excluding hydrogens is 659 g/mol. The number of amides is 1. The first kappa shape index (κ1) is 33.2. The standard InChI is InChI=1S/C29H43IN4O6S/c1-33(2)20-17-24(14-13-23-11-7-6-8-12-23)22-31-27-16-15-25(21-26(27)30-34(36)37)41(38,39)32-28(35)29(40-3)18-9-4-5-10-19-29/h6-8,11-12,15-16,21,24,31H,4-5,9-10,13-14,17-20,22H2,1-3H3,(H,32,35)(H,36,37)/t24-/m0/s1. The summed E-state index contributed by atoms with van der Waals surface area (Å²) in [7, 11) is 1.29. The van der Waals surface area contributed by atoms with Crippen molar-refractivity contribution in [2.75, 3.05) is 39.6 Å². The minimum absolute atomic E-state index is 0.126. The Balaban J connectivity index is 1.76. The number of carbonyl (C=O) groups is 1. The number of methoxy groups -OCH3 is 1. The van der Waals surface area contributed by atoms with Crippen LogP contribution >= 0.6 is 0 Å². The fraction of sp³-hybridized carbons (Fsp3) is 0.552. The molecule has 3 N–H and O–H groups in total. The second kappa shape index (κ2) is 15.8. The van der Waals surface area contributed by atoms with Crippen LogP contribution in [0.5, 0.6) is 0 Å². The Bertz CT molecular complexity index is 1250. The molecular formula is C29H43IN4O6S. The van der Waals surface area contributed by atoms with Crippen molar-refractivity contribution < 1.29 is 47.8 Å². The van der Waals surface area contributed by atoms with E-state index in [2.05, 4.69) is 27.1 Å². The Hall–Kier alpha value is -2.29. The fourth-order valence-corrected chi connectivity index (χ4v) is 7.94. The van der Waals surface area contributed by atoms with Crippen LogP contribution in [0.3, 0.4) is 0 Å². The topological polar surface area (TPSA) is 128 Å². The number of ether oxygens (including phenoxy) is 1. The molecule has 0 unspecified atom stereocenters. The van der Waals surface area contributed by atoms with E-state index in [-0.39, 0.29) is 8.03 Å². The number of carbonyl (C=O) groups excluding carboxylic acids is 1. The molecule has 0 saturated heterocycles. The van der Waals surface area contributed by atoms with Gasteiger partial charge in [-0.25, -0.2) is 0 Å². The first-order valence-corrected chi connectivity index (χ1v) is 17.6. The number of hydrogen-bond donors (Lipinski definition) is 3. The van der Waals surface area contributed by atoms with Crippen molar-refractivity contribution in [3.8, 4) is 0 Å². The number of rotatable bonds is 15. The molecule has 0 heterocycles. The molecule has 0 bridgehead atoms. The van der Waals surface area contributed by atoms with Crippen molar-refractivity contribution in [1.29, 1.82) is 0 Å². The molecule has 0 aliphatic heterocycles. The average Bonchev–Trinajstić information content (AvgIpc) is 3.20. The number of anilines is 1. The minimum atomic E-state index is -4.23. The van der Waals surface area contributed by atoms with Gasteiger partial charge in [-0.05, 0) is 0 Å². The van der Waals surface area contributed by atoms with Crippen LogP contribution in [0.2, 0.25) is 0 Å². The van der Waals surface area contributed by atoms with Gasteiger partial charge in [0.05, 0.1) is 0 Å². The molecule has 1 aliphatic rings. The molecule has 2 aromatic carbocycles. The number of nitrogens with one attached hydrogen (secondary N) is 2. The monoisotopic (exact) mass is 702 g/mol. The van der Waals surface area contributed by atoms with E-state index in [4.69, 9.17) is 4.74 Å². The van der Waals surface area contributed by atoms with E-state index in [1.165, 1.54) is 24.8 Å². The number of halogens is 1. The molecule has 12 heteroatoms. The zero-order valence-corrected chi connectivity index (χ0v) is 27.1. The van der Waals surface area contributed by atoms with Crippen LogP contribution < -0.4 is 31.5 Å². The average molecular weight is 703 g/mol. The Morgan fingerprint density at radius 1 is 1.10 bits per heavy atom. The van der Waals surface area contributed by atoms with Crippen LogP contribution in [-0.4, -0.2) is 67.5 Å². The third kappa shape index (κ3) is 10.2. The summed E-state index contributed by atoms with van der Waals surface area (Å²) in [6, 6.07) is 14.7. The summed E-state index contributed by atoms with van der Waals surface area (Å²) in [5, 5.41) is 12.9. The predicted molar refractivity (Wildman–Crippen MR) is 153 cm³/mol. The first-order valence-electron chi connectivity index (χ1n) is 14.0. The molecule has 0 radical (unpaired) electrons. The van der Waals surface area contributed by atoms with Gasteiger partial charge in [0.1, 0.15) is 0 Å². The second-order valence-electron chi connectivity index (χ2n) is 10.9.